The van der Waals surface area contributed by atoms with Crippen molar-refractivity contribution in [2.45, 2.75) is 6.92 Å². The van der Waals surface area contributed by atoms with E-state index in [1.807, 2.05) is 0 Å². The molecule has 0 saturated heterocycles. The van der Waals surface area contributed by atoms with Gasteiger partial charge in [0.05, 0.1) is 12.2 Å². The predicted octanol–water partition coefficient (Wildman–Crippen LogP) is 2.81. The summed E-state index contributed by atoms with van der Waals surface area (Å²) in [6.45, 7) is 1.85. The first-order valence-electron chi connectivity index (χ1n) is 5.08. The van der Waals surface area contributed by atoms with E-state index in [1.54, 1.807) is 13.0 Å². The number of esters is 1. The van der Waals surface area contributed by atoms with Crippen molar-refractivity contribution in [1.82, 2.24) is 10.2 Å². The second kappa shape index (κ2) is 5.26. The molecule has 0 atom stereocenters. The Morgan fingerprint density at radius 2 is 2.28 bits per heavy atom. The van der Waals surface area contributed by atoms with Crippen LogP contribution in [0.1, 0.15) is 17.6 Å². The molecule has 2 rings (SSSR count). The summed E-state index contributed by atoms with van der Waals surface area (Å²) in [5.74, 6) is -1.64. The van der Waals surface area contributed by atoms with E-state index in [-0.39, 0.29) is 24.0 Å². The second-order valence-corrected chi connectivity index (χ2v) is 4.08. The summed E-state index contributed by atoms with van der Waals surface area (Å²) in [5, 5.41) is 7.14. The molecule has 0 fully saturated rings. The predicted molar refractivity (Wildman–Crippen MR) is 63.3 cm³/mol. The molecule has 5 nitrogen and oxygen atoms in total. The van der Waals surface area contributed by atoms with Crippen molar-refractivity contribution in [2.24, 2.45) is 0 Å². The lowest BCUT2D eigenvalue weighted by Gasteiger charge is -2.00. The van der Waals surface area contributed by atoms with Crippen molar-refractivity contribution < 1.29 is 18.3 Å². The molecule has 0 amide bonds. The van der Waals surface area contributed by atoms with Crippen molar-refractivity contribution in [3.63, 3.8) is 0 Å². The molecule has 0 saturated carbocycles. The van der Waals surface area contributed by atoms with Gasteiger partial charge in [0.1, 0.15) is 5.82 Å². The van der Waals surface area contributed by atoms with Crippen molar-refractivity contribution in [1.29, 1.82) is 0 Å². The Hall–Kier alpha value is -1.76. The highest BCUT2D eigenvalue weighted by Crippen LogP contribution is 2.29. The maximum atomic E-state index is 13.6. The molecule has 2 aromatic rings. The minimum atomic E-state index is -0.733. The summed E-state index contributed by atoms with van der Waals surface area (Å²) in [6, 6.07) is 4.42. The monoisotopic (exact) mass is 314 g/mol. The minimum Gasteiger partial charge on any atom is -0.459 e. The van der Waals surface area contributed by atoms with Gasteiger partial charge in [-0.15, -0.1) is 10.2 Å². The molecule has 94 valence electrons. The number of hydrogen-bond donors (Lipinski definition) is 0. The molecule has 0 aliphatic carbocycles. The number of ether oxygens (including phenoxy) is 1. The van der Waals surface area contributed by atoms with Gasteiger partial charge in [-0.25, -0.2) is 9.18 Å². The van der Waals surface area contributed by atoms with Crippen LogP contribution < -0.4 is 0 Å². The van der Waals surface area contributed by atoms with E-state index in [2.05, 4.69) is 26.1 Å². The maximum Gasteiger partial charge on any atom is 0.396 e. The van der Waals surface area contributed by atoms with Crippen LogP contribution in [-0.4, -0.2) is 22.8 Å². The molecule has 0 bridgehead atoms. The van der Waals surface area contributed by atoms with Crippen molar-refractivity contribution in [3.05, 3.63) is 34.4 Å². The summed E-state index contributed by atoms with van der Waals surface area (Å²) >= 11 is 3.18. The van der Waals surface area contributed by atoms with Gasteiger partial charge < -0.3 is 9.15 Å². The van der Waals surface area contributed by atoms with Crippen LogP contribution >= 0.6 is 15.9 Å². The first kappa shape index (κ1) is 12.7. The molecule has 0 N–H and O–H groups in total. The Kier molecular flexibility index (Phi) is 3.71. The Bertz CT molecular complexity index is 565. The summed E-state index contributed by atoms with van der Waals surface area (Å²) in [4.78, 5) is 11.3. The molecule has 7 heteroatoms. The number of halogens is 2. The van der Waals surface area contributed by atoms with Gasteiger partial charge in [-0.05, 0) is 35.0 Å². The lowest BCUT2D eigenvalue weighted by Crippen LogP contribution is -2.04. The van der Waals surface area contributed by atoms with Gasteiger partial charge in [0.2, 0.25) is 0 Å². The van der Waals surface area contributed by atoms with Gasteiger partial charge in [0.25, 0.3) is 5.89 Å². The topological polar surface area (TPSA) is 65.2 Å². The van der Waals surface area contributed by atoms with E-state index in [0.717, 1.165) is 0 Å². The third kappa shape index (κ3) is 2.40. The first-order chi connectivity index (χ1) is 8.63. The molecule has 0 aliphatic rings. The van der Waals surface area contributed by atoms with Crippen LogP contribution in [-0.2, 0) is 4.74 Å². The van der Waals surface area contributed by atoms with Gasteiger partial charge in [-0.3, -0.25) is 0 Å². The van der Waals surface area contributed by atoms with Crippen LogP contribution in [0.5, 0.6) is 0 Å². The summed E-state index contributed by atoms with van der Waals surface area (Å²) < 4.78 is 23.9. The number of carbonyl (C=O) groups is 1. The first-order valence-corrected chi connectivity index (χ1v) is 5.87. The molecule has 0 aliphatic heterocycles. The standard InChI is InChI=1S/C11H8BrFN2O3/c1-2-17-11(16)10-15-14-9(18-10)8-6(12)4-3-5-7(8)13/h3-5H,2H2,1H3. The van der Waals surface area contributed by atoms with Crippen molar-refractivity contribution >= 4 is 21.9 Å². The zero-order valence-corrected chi connectivity index (χ0v) is 10.9. The average molecular weight is 315 g/mol. The van der Waals surface area contributed by atoms with Gasteiger partial charge >= 0.3 is 11.9 Å². The summed E-state index contributed by atoms with van der Waals surface area (Å²) in [6.07, 6.45) is 0. The Morgan fingerprint density at radius 3 is 2.94 bits per heavy atom. The highest BCUT2D eigenvalue weighted by atomic mass is 79.9. The van der Waals surface area contributed by atoms with Crippen LogP contribution in [0.15, 0.2) is 27.1 Å². The smallest absolute Gasteiger partial charge is 0.396 e. The largest absolute Gasteiger partial charge is 0.459 e. The minimum absolute atomic E-state index is 0.0805. The van der Waals surface area contributed by atoms with E-state index in [4.69, 9.17) is 9.15 Å². The molecule has 1 aromatic heterocycles. The van der Waals surface area contributed by atoms with E-state index in [1.165, 1.54) is 12.1 Å². The lowest BCUT2D eigenvalue weighted by atomic mass is 10.2. The SMILES string of the molecule is CCOC(=O)c1nnc(-c2c(F)cccc2Br)o1. The number of nitrogens with zero attached hydrogens (tertiary/aromatic N) is 2. The normalized spacial score (nSPS) is 10.4. The van der Waals surface area contributed by atoms with E-state index in [9.17, 15) is 9.18 Å². The number of carbonyl (C=O) groups excluding carboxylic acids is 1. The third-order valence-corrected chi connectivity index (χ3v) is 2.71. The number of benzene rings is 1. The van der Waals surface area contributed by atoms with Gasteiger partial charge in [0, 0.05) is 4.47 Å². The third-order valence-electron chi connectivity index (χ3n) is 2.05. The molecular weight excluding hydrogens is 307 g/mol. The zero-order valence-electron chi connectivity index (χ0n) is 9.31. The fourth-order valence-electron chi connectivity index (χ4n) is 1.30. The fraction of sp³-hybridized carbons (Fsp3) is 0.182. The highest BCUT2D eigenvalue weighted by Gasteiger charge is 2.20. The molecule has 0 unspecified atom stereocenters. The number of rotatable bonds is 3. The Morgan fingerprint density at radius 1 is 1.50 bits per heavy atom. The molecule has 18 heavy (non-hydrogen) atoms. The molecular formula is C11H8BrFN2O3. The van der Waals surface area contributed by atoms with Crippen LogP contribution in [0, 0.1) is 5.82 Å². The van der Waals surface area contributed by atoms with Gasteiger partial charge in [-0.1, -0.05) is 6.07 Å². The Labute approximate surface area is 110 Å². The second-order valence-electron chi connectivity index (χ2n) is 3.23. The highest BCUT2D eigenvalue weighted by molar-refractivity contribution is 9.10. The fourth-order valence-corrected chi connectivity index (χ4v) is 1.81. The van der Waals surface area contributed by atoms with Gasteiger partial charge in [-0.2, -0.15) is 0 Å². The zero-order chi connectivity index (χ0) is 13.1. The van der Waals surface area contributed by atoms with Crippen LogP contribution in [0.25, 0.3) is 11.5 Å². The van der Waals surface area contributed by atoms with E-state index < -0.39 is 11.8 Å². The molecule has 0 spiro atoms. The number of aromatic nitrogens is 2. The van der Waals surface area contributed by atoms with Crippen LogP contribution in [0.4, 0.5) is 4.39 Å². The molecule has 1 aromatic carbocycles. The van der Waals surface area contributed by atoms with E-state index >= 15 is 0 Å². The summed E-state index contributed by atoms with van der Waals surface area (Å²) in [5.41, 5.74) is 0.112. The molecule has 0 radical (unpaired) electrons. The summed E-state index contributed by atoms with van der Waals surface area (Å²) in [7, 11) is 0. The van der Waals surface area contributed by atoms with Crippen molar-refractivity contribution in [3.8, 4) is 11.5 Å². The quantitative estimate of drug-likeness (QED) is 0.815. The van der Waals surface area contributed by atoms with Crippen LogP contribution in [0.3, 0.4) is 0 Å². The molecule has 1 heterocycles. The number of hydrogen-bond acceptors (Lipinski definition) is 5. The van der Waals surface area contributed by atoms with Crippen LogP contribution in [0.2, 0.25) is 0 Å². The van der Waals surface area contributed by atoms with Crippen molar-refractivity contribution in [2.75, 3.05) is 6.61 Å². The Balaban J connectivity index is 2.38. The van der Waals surface area contributed by atoms with Gasteiger partial charge in [0.15, 0.2) is 0 Å². The maximum absolute atomic E-state index is 13.6. The lowest BCUT2D eigenvalue weighted by molar-refractivity contribution is 0.0481. The van der Waals surface area contributed by atoms with E-state index in [0.29, 0.717) is 4.47 Å². The average Bonchev–Trinajstić information content (AvgIpc) is 2.78.